The lowest BCUT2D eigenvalue weighted by atomic mass is 10.1. The molecule has 1 heterocycles. The highest BCUT2D eigenvalue weighted by Crippen LogP contribution is 2.18. The molecule has 1 aromatic rings. The van der Waals surface area contributed by atoms with E-state index in [9.17, 15) is 10.1 Å². The second-order valence-corrected chi connectivity index (χ2v) is 3.83. The van der Waals surface area contributed by atoms with E-state index in [-0.39, 0.29) is 5.69 Å². The topological polar surface area (TPSA) is 64.4 Å². The molecule has 16 heavy (non-hydrogen) atoms. The van der Waals surface area contributed by atoms with Crippen molar-refractivity contribution in [3.63, 3.8) is 0 Å². The highest BCUT2D eigenvalue weighted by Gasteiger charge is 2.13. The summed E-state index contributed by atoms with van der Waals surface area (Å²) in [6.45, 7) is 1.56. The number of non-ortho nitro benzene ring substituents is 1. The Kier molecular flexibility index (Phi) is 3.36. The first kappa shape index (κ1) is 10.9. The van der Waals surface area contributed by atoms with Crippen LogP contribution in [0.5, 0.6) is 0 Å². The zero-order chi connectivity index (χ0) is 11.4. The fourth-order valence-corrected chi connectivity index (χ4v) is 1.76. The number of nitrogens with one attached hydrogen (secondary N) is 1. The van der Waals surface area contributed by atoms with Gasteiger partial charge in [0.25, 0.3) is 5.69 Å². The predicted molar refractivity (Wildman–Crippen MR) is 60.6 cm³/mol. The van der Waals surface area contributed by atoms with Gasteiger partial charge in [0.05, 0.1) is 4.92 Å². The van der Waals surface area contributed by atoms with Gasteiger partial charge in [-0.1, -0.05) is 0 Å². The lowest BCUT2D eigenvalue weighted by Crippen LogP contribution is -2.27. The Morgan fingerprint density at radius 2 is 1.88 bits per heavy atom. The van der Waals surface area contributed by atoms with E-state index in [1.165, 1.54) is 12.1 Å². The monoisotopic (exact) mass is 222 g/mol. The molecule has 0 bridgehead atoms. The standard InChI is InChI=1S/C11H14N2O3/c14-13(15)11-3-1-9(2-4-11)12-10-5-7-16-8-6-10/h1-4,10,12H,5-8H2. The van der Waals surface area contributed by atoms with Gasteiger partial charge in [-0.15, -0.1) is 0 Å². The number of nitro groups is 1. The molecule has 5 heteroatoms. The van der Waals surface area contributed by atoms with Crippen LogP contribution in [0.15, 0.2) is 24.3 Å². The van der Waals surface area contributed by atoms with Crippen LogP contribution in [-0.2, 0) is 4.74 Å². The minimum atomic E-state index is -0.391. The average molecular weight is 222 g/mol. The zero-order valence-electron chi connectivity index (χ0n) is 8.89. The van der Waals surface area contributed by atoms with Gasteiger partial charge in [0.1, 0.15) is 0 Å². The summed E-state index contributed by atoms with van der Waals surface area (Å²) in [5.41, 5.74) is 1.05. The van der Waals surface area contributed by atoms with Gasteiger partial charge >= 0.3 is 0 Å². The molecule has 2 rings (SSSR count). The van der Waals surface area contributed by atoms with Crippen molar-refractivity contribution in [2.75, 3.05) is 18.5 Å². The average Bonchev–Trinajstić information content (AvgIpc) is 2.31. The van der Waals surface area contributed by atoms with Crippen molar-refractivity contribution in [2.45, 2.75) is 18.9 Å². The van der Waals surface area contributed by atoms with Gasteiger partial charge in [-0.3, -0.25) is 10.1 Å². The third-order valence-electron chi connectivity index (χ3n) is 2.67. The Labute approximate surface area is 93.6 Å². The SMILES string of the molecule is O=[N+]([O-])c1ccc(NC2CCOCC2)cc1. The molecule has 86 valence electrons. The molecule has 1 aromatic carbocycles. The number of rotatable bonds is 3. The van der Waals surface area contributed by atoms with Crippen LogP contribution in [0.1, 0.15) is 12.8 Å². The quantitative estimate of drug-likeness (QED) is 0.629. The molecular formula is C11H14N2O3. The fraction of sp³-hybridized carbons (Fsp3) is 0.455. The van der Waals surface area contributed by atoms with Crippen LogP contribution >= 0.6 is 0 Å². The van der Waals surface area contributed by atoms with Crippen LogP contribution in [0.3, 0.4) is 0 Å². The number of nitro benzene ring substituents is 1. The summed E-state index contributed by atoms with van der Waals surface area (Å²) in [4.78, 5) is 10.1. The molecule has 0 spiro atoms. The maximum Gasteiger partial charge on any atom is 0.269 e. The molecule has 1 fully saturated rings. The summed E-state index contributed by atoms with van der Waals surface area (Å²) in [7, 11) is 0. The van der Waals surface area contributed by atoms with Crippen molar-refractivity contribution >= 4 is 11.4 Å². The normalized spacial score (nSPS) is 17.0. The molecule has 0 aromatic heterocycles. The summed E-state index contributed by atoms with van der Waals surface area (Å²) in [6, 6.07) is 6.93. The highest BCUT2D eigenvalue weighted by molar-refractivity contribution is 5.49. The first-order chi connectivity index (χ1) is 7.75. The molecule has 0 amide bonds. The van der Waals surface area contributed by atoms with Gasteiger partial charge in [0.15, 0.2) is 0 Å². The number of anilines is 1. The minimum Gasteiger partial charge on any atom is -0.382 e. The lowest BCUT2D eigenvalue weighted by molar-refractivity contribution is -0.384. The van der Waals surface area contributed by atoms with E-state index >= 15 is 0 Å². The number of benzene rings is 1. The molecule has 0 saturated carbocycles. The second-order valence-electron chi connectivity index (χ2n) is 3.83. The van der Waals surface area contributed by atoms with Gasteiger partial charge in [-0.2, -0.15) is 0 Å². The zero-order valence-corrected chi connectivity index (χ0v) is 8.89. The molecular weight excluding hydrogens is 208 g/mol. The predicted octanol–water partition coefficient (Wildman–Crippen LogP) is 2.19. The van der Waals surface area contributed by atoms with Crippen LogP contribution in [0.25, 0.3) is 0 Å². The summed E-state index contributed by atoms with van der Waals surface area (Å²) in [6.07, 6.45) is 1.97. The van der Waals surface area contributed by atoms with Crippen molar-refractivity contribution in [1.82, 2.24) is 0 Å². The molecule has 0 aliphatic carbocycles. The van der Waals surface area contributed by atoms with E-state index in [2.05, 4.69) is 5.32 Å². The number of hydrogen-bond acceptors (Lipinski definition) is 4. The maximum atomic E-state index is 10.5. The Morgan fingerprint density at radius 1 is 1.25 bits per heavy atom. The number of ether oxygens (including phenoxy) is 1. The van der Waals surface area contributed by atoms with E-state index in [0.717, 1.165) is 31.7 Å². The largest absolute Gasteiger partial charge is 0.382 e. The van der Waals surface area contributed by atoms with E-state index in [4.69, 9.17) is 4.74 Å². The van der Waals surface area contributed by atoms with Crippen LogP contribution in [0.2, 0.25) is 0 Å². The number of hydrogen-bond donors (Lipinski definition) is 1. The highest BCUT2D eigenvalue weighted by atomic mass is 16.6. The molecule has 0 atom stereocenters. The Hall–Kier alpha value is -1.62. The van der Waals surface area contributed by atoms with E-state index in [1.807, 2.05) is 0 Å². The minimum absolute atomic E-state index is 0.123. The Bertz CT molecular complexity index is 358. The molecule has 0 radical (unpaired) electrons. The van der Waals surface area contributed by atoms with Crippen molar-refractivity contribution in [2.24, 2.45) is 0 Å². The molecule has 1 saturated heterocycles. The third kappa shape index (κ3) is 2.70. The smallest absolute Gasteiger partial charge is 0.269 e. The van der Waals surface area contributed by atoms with Crippen molar-refractivity contribution < 1.29 is 9.66 Å². The van der Waals surface area contributed by atoms with Crippen LogP contribution < -0.4 is 5.32 Å². The molecule has 5 nitrogen and oxygen atoms in total. The molecule has 1 aliphatic rings. The first-order valence-electron chi connectivity index (χ1n) is 5.34. The van der Waals surface area contributed by atoms with E-state index < -0.39 is 4.92 Å². The molecule has 1 N–H and O–H groups in total. The summed E-state index contributed by atoms with van der Waals surface area (Å²) < 4.78 is 5.26. The number of nitrogens with zero attached hydrogens (tertiary/aromatic N) is 1. The van der Waals surface area contributed by atoms with E-state index in [1.54, 1.807) is 12.1 Å². The third-order valence-corrected chi connectivity index (χ3v) is 2.67. The van der Waals surface area contributed by atoms with Crippen molar-refractivity contribution in [1.29, 1.82) is 0 Å². The fourth-order valence-electron chi connectivity index (χ4n) is 1.76. The Morgan fingerprint density at radius 3 is 2.44 bits per heavy atom. The second kappa shape index (κ2) is 4.94. The van der Waals surface area contributed by atoms with E-state index in [0.29, 0.717) is 6.04 Å². The maximum absolute atomic E-state index is 10.5. The van der Waals surface area contributed by atoms with Gasteiger partial charge < -0.3 is 10.1 Å². The first-order valence-corrected chi connectivity index (χ1v) is 5.34. The van der Waals surface area contributed by atoms with Crippen LogP contribution in [0.4, 0.5) is 11.4 Å². The Balaban J connectivity index is 1.96. The van der Waals surface area contributed by atoms with Gasteiger partial charge in [0.2, 0.25) is 0 Å². The van der Waals surface area contributed by atoms with Gasteiger partial charge in [-0.05, 0) is 25.0 Å². The molecule has 1 aliphatic heterocycles. The summed E-state index contributed by atoms with van der Waals surface area (Å²) in [5, 5.41) is 13.8. The summed E-state index contributed by atoms with van der Waals surface area (Å²) >= 11 is 0. The van der Waals surface area contributed by atoms with Crippen LogP contribution in [-0.4, -0.2) is 24.2 Å². The van der Waals surface area contributed by atoms with Gasteiger partial charge in [0, 0.05) is 37.1 Å². The molecule has 0 unspecified atom stereocenters. The van der Waals surface area contributed by atoms with Crippen LogP contribution in [0, 0.1) is 10.1 Å². The van der Waals surface area contributed by atoms with Gasteiger partial charge in [-0.25, -0.2) is 0 Å². The summed E-state index contributed by atoms with van der Waals surface area (Å²) in [5.74, 6) is 0. The lowest BCUT2D eigenvalue weighted by Gasteiger charge is -2.24. The van der Waals surface area contributed by atoms with Crippen molar-refractivity contribution in [3.8, 4) is 0 Å². The van der Waals surface area contributed by atoms with Crippen molar-refractivity contribution in [3.05, 3.63) is 34.4 Å².